The van der Waals surface area contributed by atoms with Gasteiger partial charge in [-0.15, -0.1) is 0 Å². The molecule has 0 aromatic heterocycles. The van der Waals surface area contributed by atoms with Gasteiger partial charge in [-0.2, -0.15) is 0 Å². The van der Waals surface area contributed by atoms with Crippen LogP contribution in [0.1, 0.15) is 341 Å². The molecule has 0 aliphatic rings. The van der Waals surface area contributed by atoms with E-state index in [-0.39, 0.29) is 18.9 Å². The van der Waals surface area contributed by atoms with Gasteiger partial charge in [0, 0.05) is 0 Å². The van der Waals surface area contributed by atoms with Crippen LogP contribution in [0.4, 0.5) is 0 Å². The summed E-state index contributed by atoms with van der Waals surface area (Å²) in [7, 11) is 0. The molecular weight excluding hydrogens is 799 g/mol. The van der Waals surface area contributed by atoms with Crippen LogP contribution >= 0.6 is 0 Å². The first-order chi connectivity index (χ1) is 32.0. The van der Waals surface area contributed by atoms with Crippen molar-refractivity contribution < 1.29 is 20.1 Å². The third-order valence-electron chi connectivity index (χ3n) is 14.3. The molecule has 5 heteroatoms. The van der Waals surface area contributed by atoms with Crippen LogP contribution in [-0.4, -0.2) is 46.1 Å². The van der Waals surface area contributed by atoms with Crippen LogP contribution in [0.15, 0.2) is 12.2 Å². The minimum Gasteiger partial charge on any atom is -0.394 e. The normalized spacial score (nSPS) is 13.2. The van der Waals surface area contributed by atoms with E-state index in [1.54, 1.807) is 6.08 Å². The van der Waals surface area contributed by atoms with Crippen molar-refractivity contribution >= 4 is 5.91 Å². The fraction of sp³-hybridized carbons (Fsp3) is 0.950. The molecule has 0 aromatic carbocycles. The SMILES string of the molecule is CCCCCCCCCCCCCCCCCCCCCCCCC/C=C/C(O)C(CO)NC(=O)CC(O)CCCCCCCCCCCCCCCCCCCCCCCCCCC. The van der Waals surface area contributed by atoms with Crippen LogP contribution in [0.3, 0.4) is 0 Å². The van der Waals surface area contributed by atoms with Gasteiger partial charge in [0.2, 0.25) is 5.91 Å². The first-order valence-corrected chi connectivity index (χ1v) is 30.0. The summed E-state index contributed by atoms with van der Waals surface area (Å²) in [5, 5.41) is 33.5. The van der Waals surface area contributed by atoms with E-state index in [0.717, 1.165) is 25.7 Å². The Hall–Kier alpha value is -0.910. The van der Waals surface area contributed by atoms with Gasteiger partial charge >= 0.3 is 0 Å². The average Bonchev–Trinajstić information content (AvgIpc) is 3.30. The Morgan fingerprint density at radius 1 is 0.385 bits per heavy atom. The number of hydrogen-bond donors (Lipinski definition) is 4. The lowest BCUT2D eigenvalue weighted by atomic mass is 10.0. The zero-order chi connectivity index (χ0) is 47.2. The van der Waals surface area contributed by atoms with E-state index < -0.39 is 18.2 Å². The zero-order valence-electron chi connectivity index (χ0n) is 44.4. The van der Waals surface area contributed by atoms with Gasteiger partial charge in [0.25, 0.3) is 0 Å². The van der Waals surface area contributed by atoms with Gasteiger partial charge in [0.15, 0.2) is 0 Å². The number of aliphatic hydroxyl groups is 3. The fourth-order valence-corrected chi connectivity index (χ4v) is 9.76. The van der Waals surface area contributed by atoms with Crippen molar-refractivity contribution in [3.63, 3.8) is 0 Å². The van der Waals surface area contributed by atoms with Crippen molar-refractivity contribution in [2.45, 2.75) is 360 Å². The first kappa shape index (κ1) is 64.1. The molecule has 0 bridgehead atoms. The molecule has 1 amide bonds. The highest BCUT2D eigenvalue weighted by molar-refractivity contribution is 5.76. The van der Waals surface area contributed by atoms with Crippen molar-refractivity contribution in [3.8, 4) is 0 Å². The minimum atomic E-state index is -0.926. The summed E-state index contributed by atoms with van der Waals surface area (Å²) < 4.78 is 0. The summed E-state index contributed by atoms with van der Waals surface area (Å²) in [5.41, 5.74) is 0. The van der Waals surface area contributed by atoms with Gasteiger partial charge in [-0.1, -0.05) is 328 Å². The molecule has 0 rings (SSSR count). The van der Waals surface area contributed by atoms with E-state index in [1.165, 1.54) is 289 Å². The van der Waals surface area contributed by atoms with Gasteiger partial charge < -0.3 is 20.6 Å². The van der Waals surface area contributed by atoms with Crippen molar-refractivity contribution in [2.24, 2.45) is 0 Å². The zero-order valence-corrected chi connectivity index (χ0v) is 44.4. The van der Waals surface area contributed by atoms with Crippen LogP contribution in [0.2, 0.25) is 0 Å². The highest BCUT2D eigenvalue weighted by atomic mass is 16.3. The Balaban J connectivity index is 3.52. The Kier molecular flexibility index (Phi) is 54.9. The Bertz CT molecular complexity index is 925. The Morgan fingerprint density at radius 2 is 0.631 bits per heavy atom. The summed E-state index contributed by atoms with van der Waals surface area (Å²) >= 11 is 0. The van der Waals surface area contributed by atoms with Gasteiger partial charge in [0.1, 0.15) is 0 Å². The second-order valence-corrected chi connectivity index (χ2v) is 21.0. The van der Waals surface area contributed by atoms with E-state index in [2.05, 4.69) is 19.2 Å². The Morgan fingerprint density at radius 3 is 0.892 bits per heavy atom. The molecule has 3 atom stereocenters. The number of allylic oxidation sites excluding steroid dienone is 1. The van der Waals surface area contributed by atoms with Crippen LogP contribution < -0.4 is 5.32 Å². The van der Waals surface area contributed by atoms with Crippen LogP contribution in [0.5, 0.6) is 0 Å². The van der Waals surface area contributed by atoms with E-state index in [1.807, 2.05) is 6.08 Å². The van der Waals surface area contributed by atoms with E-state index in [9.17, 15) is 20.1 Å². The number of amides is 1. The molecule has 0 fully saturated rings. The van der Waals surface area contributed by atoms with Crippen LogP contribution in [0, 0.1) is 0 Å². The fourth-order valence-electron chi connectivity index (χ4n) is 9.76. The third-order valence-corrected chi connectivity index (χ3v) is 14.3. The van der Waals surface area contributed by atoms with Gasteiger partial charge in [-0.3, -0.25) is 4.79 Å². The standard InChI is InChI=1S/C60H119NO4/c1-3-5-7-9-11-13-15-17-19-21-23-25-27-29-31-33-35-37-39-41-43-45-47-49-51-53-57(63)55-60(65)61-58(56-62)59(64)54-52-50-48-46-44-42-40-38-36-34-32-30-28-26-24-22-20-18-16-14-12-10-8-6-4-2/h52,54,57-59,62-64H,3-51,53,55-56H2,1-2H3,(H,61,65)/b54-52+. The van der Waals surface area contributed by atoms with E-state index in [4.69, 9.17) is 0 Å². The largest absolute Gasteiger partial charge is 0.394 e. The summed E-state index contributed by atoms with van der Waals surface area (Å²) in [4.78, 5) is 12.5. The van der Waals surface area contributed by atoms with Gasteiger partial charge in [0.05, 0.1) is 31.3 Å². The second kappa shape index (κ2) is 55.7. The summed E-state index contributed by atoms with van der Waals surface area (Å²) in [6, 6.07) is -0.741. The minimum absolute atomic E-state index is 0.0197. The summed E-state index contributed by atoms with van der Waals surface area (Å²) in [6.07, 6.45) is 69.9. The van der Waals surface area contributed by atoms with Crippen molar-refractivity contribution in [3.05, 3.63) is 12.2 Å². The quantitative estimate of drug-likeness (QED) is 0.0361. The lowest BCUT2D eigenvalue weighted by Gasteiger charge is -2.21. The van der Waals surface area contributed by atoms with Crippen molar-refractivity contribution in [2.75, 3.05) is 6.61 Å². The number of carbonyl (C=O) groups excluding carboxylic acids is 1. The molecule has 3 unspecified atom stereocenters. The molecule has 0 spiro atoms. The number of rotatable bonds is 56. The maximum atomic E-state index is 12.5. The molecule has 0 saturated heterocycles. The second-order valence-electron chi connectivity index (χ2n) is 21.0. The molecule has 0 saturated carbocycles. The summed E-state index contributed by atoms with van der Waals surface area (Å²) in [6.45, 7) is 4.26. The maximum absolute atomic E-state index is 12.5. The molecular formula is C60H119NO4. The smallest absolute Gasteiger partial charge is 0.222 e. The molecule has 388 valence electrons. The molecule has 65 heavy (non-hydrogen) atoms. The van der Waals surface area contributed by atoms with Crippen molar-refractivity contribution in [1.29, 1.82) is 0 Å². The number of carbonyl (C=O) groups is 1. The van der Waals surface area contributed by atoms with Crippen molar-refractivity contribution in [1.82, 2.24) is 5.32 Å². The topological polar surface area (TPSA) is 89.8 Å². The molecule has 0 aromatic rings. The monoisotopic (exact) mass is 918 g/mol. The predicted octanol–water partition coefficient (Wildman–Crippen LogP) is 18.7. The van der Waals surface area contributed by atoms with E-state index >= 15 is 0 Å². The maximum Gasteiger partial charge on any atom is 0.222 e. The van der Waals surface area contributed by atoms with Crippen LogP contribution in [0.25, 0.3) is 0 Å². The number of hydrogen-bond acceptors (Lipinski definition) is 4. The number of nitrogens with one attached hydrogen (secondary N) is 1. The summed E-state index contributed by atoms with van der Waals surface area (Å²) in [5.74, 6) is -0.307. The van der Waals surface area contributed by atoms with Crippen LogP contribution in [-0.2, 0) is 4.79 Å². The molecule has 4 N–H and O–H groups in total. The Labute approximate surface area is 408 Å². The highest BCUT2D eigenvalue weighted by Crippen LogP contribution is 2.19. The number of aliphatic hydroxyl groups excluding tert-OH is 3. The molecule has 5 nitrogen and oxygen atoms in total. The molecule has 0 aliphatic heterocycles. The average molecular weight is 919 g/mol. The number of unbranched alkanes of at least 4 members (excludes halogenated alkanes) is 47. The predicted molar refractivity (Wildman–Crippen MR) is 287 cm³/mol. The molecule has 0 heterocycles. The first-order valence-electron chi connectivity index (χ1n) is 30.0. The lowest BCUT2D eigenvalue weighted by Crippen LogP contribution is -2.45. The molecule has 0 aliphatic carbocycles. The van der Waals surface area contributed by atoms with Gasteiger partial charge in [-0.25, -0.2) is 0 Å². The highest BCUT2D eigenvalue weighted by Gasteiger charge is 2.20. The lowest BCUT2D eigenvalue weighted by molar-refractivity contribution is -0.124. The molecule has 0 radical (unpaired) electrons. The van der Waals surface area contributed by atoms with Gasteiger partial charge in [-0.05, 0) is 19.3 Å². The van der Waals surface area contributed by atoms with E-state index in [0.29, 0.717) is 6.42 Å². The third kappa shape index (κ3) is 52.3.